The van der Waals surface area contributed by atoms with E-state index in [-0.39, 0.29) is 5.44 Å². The molecule has 1 unspecified atom stereocenters. The Morgan fingerprint density at radius 3 is 2.27 bits per heavy atom. The lowest BCUT2D eigenvalue weighted by Crippen LogP contribution is -2.01. The molecule has 0 amide bonds. The van der Waals surface area contributed by atoms with Gasteiger partial charge < -0.3 is 4.84 Å². The average Bonchev–Trinajstić information content (AvgIpc) is 2.49. The molecule has 2 nitrogen and oxygen atoms in total. The molecule has 1 aliphatic rings. The van der Waals surface area contributed by atoms with E-state index >= 15 is 0 Å². The second-order valence-corrected chi connectivity index (χ2v) is 5.25. The molecular weight excluding hydrogens is 206 g/mol. The summed E-state index contributed by atoms with van der Waals surface area (Å²) >= 11 is 1.68. The zero-order chi connectivity index (χ0) is 11.0. The fourth-order valence-electron chi connectivity index (χ4n) is 1.94. The molecule has 0 radical (unpaired) electrons. The van der Waals surface area contributed by atoms with Gasteiger partial charge in [0.2, 0.25) is 0 Å². The van der Waals surface area contributed by atoms with Crippen LogP contribution in [-0.2, 0) is 4.84 Å². The third-order valence-electron chi connectivity index (χ3n) is 2.45. The first-order valence-corrected chi connectivity index (χ1v) is 5.94. The van der Waals surface area contributed by atoms with Crippen molar-refractivity contribution in [1.29, 1.82) is 0 Å². The normalized spacial score (nSPS) is 20.0. The molecule has 0 aromatic heterocycles. The number of hydrogen-bond donors (Lipinski definition) is 0. The summed E-state index contributed by atoms with van der Waals surface area (Å²) < 4.78 is 0. The third-order valence-corrected chi connectivity index (χ3v) is 3.37. The Bertz CT molecular complexity index is 403. The Labute approximate surface area is 94.7 Å². The van der Waals surface area contributed by atoms with Crippen molar-refractivity contribution in [3.8, 4) is 0 Å². The summed E-state index contributed by atoms with van der Waals surface area (Å²) in [6.45, 7) is 8.38. The van der Waals surface area contributed by atoms with Crippen LogP contribution < -0.4 is 0 Å². The van der Waals surface area contributed by atoms with Crippen LogP contribution in [0.25, 0.3) is 0 Å². The van der Waals surface area contributed by atoms with Crippen molar-refractivity contribution in [3.05, 3.63) is 34.4 Å². The topological polar surface area (TPSA) is 21.6 Å². The van der Waals surface area contributed by atoms with Crippen molar-refractivity contribution in [2.24, 2.45) is 5.16 Å². The van der Waals surface area contributed by atoms with Crippen LogP contribution in [0.4, 0.5) is 0 Å². The minimum Gasteiger partial charge on any atom is -0.380 e. The first kappa shape index (κ1) is 10.6. The Hall–Kier alpha value is -0.960. The Kier molecular flexibility index (Phi) is 2.74. The number of oxime groups is 1. The molecule has 0 fully saturated rings. The van der Waals surface area contributed by atoms with Crippen LogP contribution in [0, 0.1) is 20.8 Å². The molecule has 1 aromatic rings. The van der Waals surface area contributed by atoms with Crippen LogP contribution in [0.5, 0.6) is 0 Å². The van der Waals surface area contributed by atoms with E-state index in [0.717, 1.165) is 5.04 Å². The van der Waals surface area contributed by atoms with Crippen LogP contribution in [0.1, 0.15) is 29.2 Å². The smallest absolute Gasteiger partial charge is 0.176 e. The molecule has 80 valence electrons. The molecule has 0 saturated heterocycles. The predicted molar refractivity (Wildman–Crippen MR) is 65.3 cm³/mol. The van der Waals surface area contributed by atoms with Crippen LogP contribution in [0.15, 0.2) is 17.3 Å². The third kappa shape index (κ3) is 2.02. The van der Waals surface area contributed by atoms with Gasteiger partial charge in [-0.2, -0.15) is 0 Å². The van der Waals surface area contributed by atoms with Crippen molar-refractivity contribution in [1.82, 2.24) is 0 Å². The highest BCUT2D eigenvalue weighted by molar-refractivity contribution is 8.15. The summed E-state index contributed by atoms with van der Waals surface area (Å²) in [6.07, 6.45) is 0. The van der Waals surface area contributed by atoms with E-state index in [4.69, 9.17) is 4.84 Å². The average molecular weight is 221 g/mol. The number of nitrogens with zero attached hydrogens (tertiary/aromatic N) is 1. The number of aryl methyl sites for hydroxylation is 3. The molecule has 1 atom stereocenters. The van der Waals surface area contributed by atoms with E-state index in [0.29, 0.717) is 0 Å². The fourth-order valence-corrected chi connectivity index (χ4v) is 2.87. The number of thioether (sulfide) groups is 1. The van der Waals surface area contributed by atoms with Gasteiger partial charge in [0.15, 0.2) is 5.44 Å². The highest BCUT2D eigenvalue weighted by Gasteiger charge is 2.21. The first-order valence-electron chi connectivity index (χ1n) is 5.06. The monoisotopic (exact) mass is 221 g/mol. The van der Waals surface area contributed by atoms with Crippen molar-refractivity contribution in [2.75, 3.05) is 0 Å². The maximum absolute atomic E-state index is 5.21. The van der Waals surface area contributed by atoms with E-state index in [9.17, 15) is 0 Å². The Morgan fingerprint density at radius 2 is 1.80 bits per heavy atom. The summed E-state index contributed by atoms with van der Waals surface area (Å²) in [6, 6.07) is 4.38. The number of hydrogen-bond acceptors (Lipinski definition) is 3. The molecule has 0 spiro atoms. The number of benzene rings is 1. The molecule has 2 rings (SSSR count). The lowest BCUT2D eigenvalue weighted by atomic mass is 10.0. The summed E-state index contributed by atoms with van der Waals surface area (Å²) in [5, 5.41) is 5.13. The zero-order valence-corrected chi connectivity index (χ0v) is 10.3. The van der Waals surface area contributed by atoms with Crippen molar-refractivity contribution in [3.63, 3.8) is 0 Å². The molecule has 3 heteroatoms. The minimum atomic E-state index is 0.139. The summed E-state index contributed by atoms with van der Waals surface area (Å²) in [5.41, 5.74) is 5.22. The fraction of sp³-hybridized carbons (Fsp3) is 0.417. The van der Waals surface area contributed by atoms with Crippen LogP contribution in [0.2, 0.25) is 0 Å². The standard InChI is InChI=1S/C12H15NOS/c1-7-5-8(2)11(9(3)6-7)12-13-14-10(4)15-12/h5-6,10H,1-4H3. The molecule has 0 bridgehead atoms. The van der Waals surface area contributed by atoms with E-state index in [1.165, 1.54) is 22.3 Å². The molecule has 1 aliphatic heterocycles. The molecule has 0 saturated carbocycles. The van der Waals surface area contributed by atoms with Gasteiger partial charge >= 0.3 is 0 Å². The number of rotatable bonds is 1. The first-order chi connectivity index (χ1) is 7.08. The van der Waals surface area contributed by atoms with Gasteiger partial charge in [-0.25, -0.2) is 0 Å². The molecule has 1 heterocycles. The van der Waals surface area contributed by atoms with E-state index in [2.05, 4.69) is 38.1 Å². The maximum atomic E-state index is 5.21. The van der Waals surface area contributed by atoms with Crippen LogP contribution >= 0.6 is 11.8 Å². The van der Waals surface area contributed by atoms with Gasteiger partial charge in [-0.05, 0) is 38.8 Å². The van der Waals surface area contributed by atoms with Crippen molar-refractivity contribution in [2.45, 2.75) is 33.1 Å². The quantitative estimate of drug-likeness (QED) is 0.725. The highest BCUT2D eigenvalue weighted by atomic mass is 32.2. The van der Waals surface area contributed by atoms with Gasteiger partial charge in [0.1, 0.15) is 5.04 Å². The Morgan fingerprint density at radius 1 is 1.20 bits per heavy atom. The summed E-state index contributed by atoms with van der Waals surface area (Å²) in [7, 11) is 0. The van der Waals surface area contributed by atoms with Gasteiger partial charge in [-0.1, -0.05) is 34.6 Å². The van der Waals surface area contributed by atoms with Gasteiger partial charge in [-0.3, -0.25) is 0 Å². The molecule has 0 N–H and O–H groups in total. The van der Waals surface area contributed by atoms with Gasteiger partial charge in [0, 0.05) is 5.56 Å². The SMILES string of the molecule is Cc1cc(C)c(C2=NOC(C)S2)c(C)c1. The lowest BCUT2D eigenvalue weighted by Gasteiger charge is -2.09. The molecule has 0 aliphatic carbocycles. The molecular formula is C12H15NOS. The zero-order valence-electron chi connectivity index (χ0n) is 9.50. The van der Waals surface area contributed by atoms with Crippen molar-refractivity contribution >= 4 is 16.8 Å². The van der Waals surface area contributed by atoms with E-state index in [1.807, 2.05) is 6.92 Å². The minimum absolute atomic E-state index is 0.139. The summed E-state index contributed by atoms with van der Waals surface area (Å²) in [4.78, 5) is 5.21. The van der Waals surface area contributed by atoms with Crippen LogP contribution in [-0.4, -0.2) is 10.5 Å². The van der Waals surface area contributed by atoms with Crippen molar-refractivity contribution < 1.29 is 4.84 Å². The van der Waals surface area contributed by atoms with E-state index in [1.54, 1.807) is 11.8 Å². The van der Waals surface area contributed by atoms with Crippen LogP contribution in [0.3, 0.4) is 0 Å². The Balaban J connectivity index is 2.45. The lowest BCUT2D eigenvalue weighted by molar-refractivity contribution is 0.142. The second kappa shape index (κ2) is 3.89. The largest absolute Gasteiger partial charge is 0.380 e. The van der Waals surface area contributed by atoms with Gasteiger partial charge in [-0.15, -0.1) is 0 Å². The highest BCUT2D eigenvalue weighted by Crippen LogP contribution is 2.30. The molecule has 15 heavy (non-hydrogen) atoms. The van der Waals surface area contributed by atoms with Gasteiger partial charge in [0.25, 0.3) is 0 Å². The second-order valence-electron chi connectivity index (χ2n) is 3.96. The van der Waals surface area contributed by atoms with E-state index < -0.39 is 0 Å². The molecule has 1 aromatic carbocycles. The predicted octanol–water partition coefficient (Wildman–Crippen LogP) is 3.38. The summed E-state index contributed by atoms with van der Waals surface area (Å²) in [5.74, 6) is 0. The maximum Gasteiger partial charge on any atom is 0.176 e. The van der Waals surface area contributed by atoms with Gasteiger partial charge in [0.05, 0.1) is 0 Å².